The first-order chi connectivity index (χ1) is 12.5. The third-order valence-electron chi connectivity index (χ3n) is 3.88. The van der Waals surface area contributed by atoms with Crippen molar-refractivity contribution in [3.05, 3.63) is 56.4 Å². The normalized spacial score (nSPS) is 10.9. The van der Waals surface area contributed by atoms with Crippen molar-refractivity contribution in [1.29, 1.82) is 0 Å². The van der Waals surface area contributed by atoms with E-state index in [9.17, 15) is 9.59 Å². The number of aryl methyl sites for hydroxylation is 2. The second-order valence-electron chi connectivity index (χ2n) is 5.66. The number of aromatic nitrogens is 2. The molecule has 1 aromatic carbocycles. The minimum atomic E-state index is -0.516. The lowest BCUT2D eigenvalue weighted by Gasteiger charge is -2.08. The molecule has 0 N–H and O–H groups in total. The first-order valence-corrected chi connectivity index (χ1v) is 9.14. The minimum Gasteiger partial charge on any atom is -0.490 e. The molecule has 2 heterocycles. The predicted molar refractivity (Wildman–Crippen MR) is 101 cm³/mol. The number of nitrogens with zero attached hydrogens (tertiary/aromatic N) is 2. The number of carbonyl (C=O) groups excluding carboxylic acids is 1. The van der Waals surface area contributed by atoms with Gasteiger partial charge in [0.2, 0.25) is 0 Å². The lowest BCUT2D eigenvalue weighted by atomic mass is 10.2. The van der Waals surface area contributed by atoms with E-state index in [-0.39, 0.29) is 25.3 Å². The van der Waals surface area contributed by atoms with Gasteiger partial charge in [-0.05, 0) is 43.7 Å². The van der Waals surface area contributed by atoms with Crippen LogP contribution in [0.15, 0.2) is 35.4 Å². The molecule has 0 aliphatic carbocycles. The lowest BCUT2D eigenvalue weighted by Crippen LogP contribution is -2.26. The summed E-state index contributed by atoms with van der Waals surface area (Å²) in [5, 5.41) is 1.18. The summed E-state index contributed by atoms with van der Waals surface area (Å²) in [4.78, 5) is 30.5. The monoisotopic (exact) mass is 392 g/mol. The van der Waals surface area contributed by atoms with Crippen LogP contribution in [0, 0.1) is 13.8 Å². The molecule has 0 atom stereocenters. The number of benzene rings is 1. The fourth-order valence-corrected chi connectivity index (χ4v) is 3.53. The molecule has 0 aliphatic rings. The second-order valence-corrected chi connectivity index (χ2v) is 7.30. The molecular weight excluding hydrogens is 376 g/mol. The van der Waals surface area contributed by atoms with Crippen molar-refractivity contribution in [3.63, 3.8) is 0 Å². The summed E-state index contributed by atoms with van der Waals surface area (Å²) in [6.45, 7) is 3.94. The van der Waals surface area contributed by atoms with E-state index >= 15 is 0 Å². The summed E-state index contributed by atoms with van der Waals surface area (Å²) in [6.07, 6.45) is 1.38. The summed E-state index contributed by atoms with van der Waals surface area (Å²) in [7, 11) is 0. The standard InChI is InChI=1S/C18H17ClN2O4S/c1-11-12(2)26-17-16(11)18(23)21(10-20-17)9-15(22)25-8-7-24-14-5-3-13(19)4-6-14/h3-6,10H,7-9H2,1-2H3. The zero-order valence-electron chi connectivity index (χ0n) is 14.3. The molecule has 26 heavy (non-hydrogen) atoms. The van der Waals surface area contributed by atoms with Crippen LogP contribution < -0.4 is 10.3 Å². The molecular formula is C18H17ClN2O4S. The van der Waals surface area contributed by atoms with Crippen LogP contribution in [0.4, 0.5) is 0 Å². The van der Waals surface area contributed by atoms with Gasteiger partial charge in [0.25, 0.3) is 5.56 Å². The third-order valence-corrected chi connectivity index (χ3v) is 5.25. The average molecular weight is 393 g/mol. The Hall–Kier alpha value is -2.38. The maximum Gasteiger partial charge on any atom is 0.326 e. The zero-order valence-corrected chi connectivity index (χ0v) is 15.9. The maximum atomic E-state index is 12.5. The molecule has 2 aromatic heterocycles. The van der Waals surface area contributed by atoms with Gasteiger partial charge in [0.05, 0.1) is 11.7 Å². The summed E-state index contributed by atoms with van der Waals surface area (Å²) in [5.74, 6) is 0.122. The molecule has 0 saturated heterocycles. The molecule has 3 aromatic rings. The number of ether oxygens (including phenoxy) is 2. The molecule has 0 amide bonds. The van der Waals surface area contributed by atoms with Crippen molar-refractivity contribution >= 4 is 39.1 Å². The van der Waals surface area contributed by atoms with Crippen LogP contribution in [0.25, 0.3) is 10.2 Å². The quantitative estimate of drug-likeness (QED) is 0.475. The number of halogens is 1. The Morgan fingerprint density at radius 2 is 1.96 bits per heavy atom. The number of fused-ring (bicyclic) bond motifs is 1. The Balaban J connectivity index is 1.56. The molecule has 0 saturated carbocycles. The molecule has 3 rings (SSSR count). The van der Waals surface area contributed by atoms with Gasteiger partial charge in [-0.15, -0.1) is 11.3 Å². The van der Waals surface area contributed by atoms with Crippen molar-refractivity contribution < 1.29 is 14.3 Å². The number of thiophene rings is 1. The van der Waals surface area contributed by atoms with E-state index in [2.05, 4.69) is 4.98 Å². The van der Waals surface area contributed by atoms with E-state index in [1.165, 1.54) is 22.2 Å². The highest BCUT2D eigenvalue weighted by molar-refractivity contribution is 7.18. The highest BCUT2D eigenvalue weighted by atomic mass is 35.5. The molecule has 8 heteroatoms. The molecule has 6 nitrogen and oxygen atoms in total. The first kappa shape index (κ1) is 18.4. The van der Waals surface area contributed by atoms with E-state index in [0.29, 0.717) is 21.0 Å². The van der Waals surface area contributed by atoms with Gasteiger partial charge in [-0.1, -0.05) is 11.6 Å². The van der Waals surface area contributed by atoms with Crippen LogP contribution in [0.5, 0.6) is 5.75 Å². The van der Waals surface area contributed by atoms with Gasteiger partial charge >= 0.3 is 5.97 Å². The van der Waals surface area contributed by atoms with Gasteiger partial charge in [0, 0.05) is 9.90 Å². The smallest absolute Gasteiger partial charge is 0.326 e. The number of carbonyl (C=O) groups is 1. The molecule has 136 valence electrons. The van der Waals surface area contributed by atoms with Crippen molar-refractivity contribution in [1.82, 2.24) is 9.55 Å². The van der Waals surface area contributed by atoms with E-state index < -0.39 is 5.97 Å². The Labute approximate surface area is 159 Å². The van der Waals surface area contributed by atoms with Crippen LogP contribution in [0.1, 0.15) is 10.4 Å². The molecule has 0 spiro atoms. The van der Waals surface area contributed by atoms with Gasteiger partial charge in [-0.25, -0.2) is 4.98 Å². The zero-order chi connectivity index (χ0) is 18.7. The molecule has 0 radical (unpaired) electrons. The number of hydrogen-bond donors (Lipinski definition) is 0. The van der Waals surface area contributed by atoms with Crippen molar-refractivity contribution in [3.8, 4) is 5.75 Å². The number of rotatable bonds is 6. The van der Waals surface area contributed by atoms with Crippen LogP contribution in [-0.2, 0) is 16.1 Å². The highest BCUT2D eigenvalue weighted by Gasteiger charge is 2.14. The summed E-state index contributed by atoms with van der Waals surface area (Å²) < 4.78 is 11.8. The largest absolute Gasteiger partial charge is 0.490 e. The van der Waals surface area contributed by atoms with E-state index in [1.807, 2.05) is 13.8 Å². The van der Waals surface area contributed by atoms with Gasteiger partial charge in [0.15, 0.2) is 0 Å². The average Bonchev–Trinajstić information content (AvgIpc) is 2.91. The predicted octanol–water partition coefficient (Wildman–Crippen LogP) is 3.35. The Bertz CT molecular complexity index is 995. The van der Waals surface area contributed by atoms with Crippen molar-refractivity contribution in [2.24, 2.45) is 0 Å². The van der Waals surface area contributed by atoms with E-state index in [4.69, 9.17) is 21.1 Å². The summed E-state index contributed by atoms with van der Waals surface area (Å²) in [6, 6.07) is 6.89. The summed E-state index contributed by atoms with van der Waals surface area (Å²) in [5.41, 5.74) is 0.674. The van der Waals surface area contributed by atoms with Gasteiger partial charge in [-0.3, -0.25) is 14.2 Å². The van der Waals surface area contributed by atoms with Crippen LogP contribution in [0.3, 0.4) is 0 Å². The topological polar surface area (TPSA) is 70.4 Å². The van der Waals surface area contributed by atoms with Crippen molar-refractivity contribution in [2.45, 2.75) is 20.4 Å². The van der Waals surface area contributed by atoms with Crippen LogP contribution in [-0.4, -0.2) is 28.7 Å². The van der Waals surface area contributed by atoms with Gasteiger partial charge in [-0.2, -0.15) is 0 Å². The lowest BCUT2D eigenvalue weighted by molar-refractivity contribution is -0.145. The van der Waals surface area contributed by atoms with Crippen LogP contribution >= 0.6 is 22.9 Å². The Morgan fingerprint density at radius 3 is 2.69 bits per heavy atom. The van der Waals surface area contributed by atoms with E-state index in [1.54, 1.807) is 24.3 Å². The minimum absolute atomic E-state index is 0.0858. The van der Waals surface area contributed by atoms with E-state index in [0.717, 1.165) is 10.4 Å². The highest BCUT2D eigenvalue weighted by Crippen LogP contribution is 2.25. The summed E-state index contributed by atoms with van der Waals surface area (Å²) >= 11 is 7.27. The third kappa shape index (κ3) is 4.05. The Kier molecular flexibility index (Phi) is 5.58. The second kappa shape index (κ2) is 7.88. The molecule has 0 fully saturated rings. The number of hydrogen-bond acceptors (Lipinski definition) is 6. The molecule has 0 bridgehead atoms. The first-order valence-electron chi connectivity index (χ1n) is 7.95. The number of esters is 1. The fraction of sp³-hybridized carbons (Fsp3) is 0.278. The van der Waals surface area contributed by atoms with Gasteiger partial charge in [0.1, 0.15) is 30.3 Å². The Morgan fingerprint density at radius 1 is 1.23 bits per heavy atom. The van der Waals surface area contributed by atoms with Crippen molar-refractivity contribution in [2.75, 3.05) is 13.2 Å². The van der Waals surface area contributed by atoms with Gasteiger partial charge < -0.3 is 9.47 Å². The van der Waals surface area contributed by atoms with Crippen LogP contribution in [0.2, 0.25) is 5.02 Å². The fourth-order valence-electron chi connectivity index (χ4n) is 2.41. The SMILES string of the molecule is Cc1sc2ncn(CC(=O)OCCOc3ccc(Cl)cc3)c(=O)c2c1C. The molecule has 0 aliphatic heterocycles. The maximum absolute atomic E-state index is 12.5. The molecule has 0 unspecified atom stereocenters.